The lowest BCUT2D eigenvalue weighted by molar-refractivity contribution is -0.155. The van der Waals surface area contributed by atoms with Crippen molar-refractivity contribution in [1.82, 2.24) is 0 Å². The number of aliphatic hydroxyl groups is 1. The number of carbonyl (C=O) groups is 1. The molecule has 186 valence electrons. The summed E-state index contributed by atoms with van der Waals surface area (Å²) in [5.41, 5.74) is -0.518. The van der Waals surface area contributed by atoms with E-state index in [0.29, 0.717) is 19.4 Å². The first-order chi connectivity index (χ1) is 14.0. The van der Waals surface area contributed by atoms with E-state index in [2.05, 4.69) is 40.8 Å². The Morgan fingerprint density at radius 1 is 0.903 bits per heavy atom. The van der Waals surface area contributed by atoms with Crippen LogP contribution in [0.1, 0.15) is 68.2 Å². The Balaban J connectivity index is 5.59. The third-order valence-electron chi connectivity index (χ3n) is 6.27. The maximum atomic E-state index is 12.1. The minimum Gasteiger partial charge on any atom is -0.465 e. The van der Waals surface area contributed by atoms with Gasteiger partial charge in [0, 0.05) is 20.8 Å². The van der Waals surface area contributed by atoms with Crippen molar-refractivity contribution in [3.8, 4) is 0 Å². The van der Waals surface area contributed by atoms with Crippen molar-refractivity contribution in [2.75, 3.05) is 27.4 Å². The zero-order chi connectivity index (χ0) is 24.6. The van der Waals surface area contributed by atoms with E-state index >= 15 is 0 Å². The summed E-state index contributed by atoms with van der Waals surface area (Å²) in [6, 6.07) is 0. The lowest BCUT2D eigenvalue weighted by Crippen LogP contribution is -2.53. The standard InChI is InChI=1S/C24H50O6Si/c1-17(15-25)13-19(27-9)21(30-31(11,12)24(6,7)8)20(28-10)14-18(2)16-29-22(26)23(3,4)5/h17-21,25H,13-16H2,1-12H3/t17-,18-,19+,20+,21+/m1/s1. The lowest BCUT2D eigenvalue weighted by atomic mass is 9.93. The van der Waals surface area contributed by atoms with E-state index in [1.807, 2.05) is 27.7 Å². The van der Waals surface area contributed by atoms with E-state index < -0.39 is 13.7 Å². The third kappa shape index (κ3) is 10.3. The molecule has 0 aliphatic rings. The molecule has 7 heteroatoms. The predicted octanol–water partition coefficient (Wildman–Crippen LogP) is 5.04. The Bertz CT molecular complexity index is 523. The maximum Gasteiger partial charge on any atom is 0.311 e. The molecule has 0 amide bonds. The molecule has 0 aromatic heterocycles. The van der Waals surface area contributed by atoms with Crippen molar-refractivity contribution < 1.29 is 28.5 Å². The first-order valence-corrected chi connectivity index (χ1v) is 14.4. The van der Waals surface area contributed by atoms with Gasteiger partial charge in [-0.15, -0.1) is 0 Å². The average Bonchev–Trinajstić information content (AvgIpc) is 2.64. The number of hydrogen-bond acceptors (Lipinski definition) is 6. The Morgan fingerprint density at radius 3 is 1.71 bits per heavy atom. The zero-order valence-corrected chi connectivity index (χ0v) is 23.2. The van der Waals surface area contributed by atoms with Gasteiger partial charge < -0.3 is 23.7 Å². The van der Waals surface area contributed by atoms with Crippen molar-refractivity contribution in [3.05, 3.63) is 0 Å². The first kappa shape index (κ1) is 30.5. The number of hydrogen-bond donors (Lipinski definition) is 1. The van der Waals surface area contributed by atoms with Gasteiger partial charge in [0.05, 0.1) is 30.3 Å². The molecule has 0 aliphatic heterocycles. The molecule has 0 saturated heterocycles. The highest BCUT2D eigenvalue weighted by Crippen LogP contribution is 2.39. The monoisotopic (exact) mass is 462 g/mol. The van der Waals surface area contributed by atoms with Gasteiger partial charge in [0.1, 0.15) is 0 Å². The van der Waals surface area contributed by atoms with Crippen LogP contribution in [-0.4, -0.2) is 65.1 Å². The SMILES string of the molecule is CO[C@@H](C[C@@H](C)CO)[C@H](O[Si](C)(C)C(C)(C)C)[C@H](C[C@@H](C)COC(=O)C(C)(C)C)OC. The second-order valence-corrected chi connectivity index (χ2v) is 16.4. The van der Waals surface area contributed by atoms with E-state index in [4.69, 9.17) is 18.6 Å². The Kier molecular flexibility index (Phi) is 12.5. The molecule has 0 spiro atoms. The van der Waals surface area contributed by atoms with E-state index in [1.54, 1.807) is 14.2 Å². The summed E-state index contributed by atoms with van der Waals surface area (Å²) in [4.78, 5) is 12.1. The minimum absolute atomic E-state index is 0.0400. The van der Waals surface area contributed by atoms with Gasteiger partial charge in [-0.05, 0) is 63.6 Å². The molecule has 0 saturated carbocycles. The molecule has 0 bridgehead atoms. The molecule has 0 aromatic rings. The number of esters is 1. The van der Waals surface area contributed by atoms with Crippen molar-refractivity contribution in [3.63, 3.8) is 0 Å². The molecule has 0 unspecified atom stereocenters. The number of rotatable bonds is 13. The molecule has 31 heavy (non-hydrogen) atoms. The van der Waals surface area contributed by atoms with Crippen LogP contribution in [-0.2, 0) is 23.4 Å². The number of ether oxygens (including phenoxy) is 3. The summed E-state index contributed by atoms with van der Waals surface area (Å²) in [6.45, 7) is 21.2. The largest absolute Gasteiger partial charge is 0.465 e. The van der Waals surface area contributed by atoms with Crippen LogP contribution >= 0.6 is 0 Å². The minimum atomic E-state index is -2.11. The summed E-state index contributed by atoms with van der Waals surface area (Å²) < 4.78 is 24.2. The van der Waals surface area contributed by atoms with Gasteiger partial charge >= 0.3 is 5.97 Å². The van der Waals surface area contributed by atoms with Gasteiger partial charge in [0.2, 0.25) is 0 Å². The van der Waals surface area contributed by atoms with E-state index in [9.17, 15) is 9.90 Å². The normalized spacial score (nSPS) is 18.2. The second-order valence-electron chi connectivity index (χ2n) is 11.6. The van der Waals surface area contributed by atoms with Gasteiger partial charge in [0.25, 0.3) is 0 Å². The van der Waals surface area contributed by atoms with Crippen LogP contribution in [0.5, 0.6) is 0 Å². The Morgan fingerprint density at radius 2 is 1.35 bits per heavy atom. The van der Waals surface area contributed by atoms with Gasteiger partial charge in [-0.25, -0.2) is 0 Å². The highest BCUT2D eigenvalue weighted by atomic mass is 28.4. The van der Waals surface area contributed by atoms with Crippen molar-refractivity contribution in [2.24, 2.45) is 17.3 Å². The zero-order valence-electron chi connectivity index (χ0n) is 22.2. The maximum absolute atomic E-state index is 12.1. The first-order valence-electron chi connectivity index (χ1n) is 11.5. The fourth-order valence-electron chi connectivity index (χ4n) is 3.01. The molecular weight excluding hydrogens is 412 g/mol. The summed E-state index contributed by atoms with van der Waals surface area (Å²) in [6.07, 6.45) is 0.671. The molecular formula is C24H50O6Si. The molecule has 6 nitrogen and oxygen atoms in total. The second kappa shape index (κ2) is 12.7. The van der Waals surface area contributed by atoms with E-state index in [0.717, 1.165) is 0 Å². The lowest BCUT2D eigenvalue weighted by Gasteiger charge is -2.44. The molecule has 5 atom stereocenters. The number of aliphatic hydroxyl groups excluding tert-OH is 1. The fourth-order valence-corrected chi connectivity index (χ4v) is 4.34. The van der Waals surface area contributed by atoms with Crippen LogP contribution in [0, 0.1) is 17.3 Å². The number of methoxy groups -OCH3 is 2. The van der Waals surface area contributed by atoms with Gasteiger partial charge in [0.15, 0.2) is 8.32 Å². The Hall–Kier alpha value is -0.473. The summed E-state index contributed by atoms with van der Waals surface area (Å²) in [5, 5.41) is 9.62. The van der Waals surface area contributed by atoms with Crippen LogP contribution in [0.2, 0.25) is 18.1 Å². The van der Waals surface area contributed by atoms with Crippen LogP contribution in [0.15, 0.2) is 0 Å². The number of carbonyl (C=O) groups excluding carboxylic acids is 1. The smallest absolute Gasteiger partial charge is 0.311 e. The highest BCUT2D eigenvalue weighted by Gasteiger charge is 2.43. The van der Waals surface area contributed by atoms with Crippen LogP contribution < -0.4 is 0 Å². The van der Waals surface area contributed by atoms with E-state index in [-0.39, 0.29) is 47.8 Å². The molecule has 0 radical (unpaired) electrons. The Labute approximate surface area is 192 Å². The third-order valence-corrected chi connectivity index (χ3v) is 10.7. The van der Waals surface area contributed by atoms with Crippen molar-refractivity contribution in [2.45, 2.75) is 105 Å². The quantitative estimate of drug-likeness (QED) is 0.305. The summed E-state index contributed by atoms with van der Waals surface area (Å²) in [7, 11) is 1.28. The average molecular weight is 463 g/mol. The van der Waals surface area contributed by atoms with Crippen LogP contribution in [0.25, 0.3) is 0 Å². The summed E-state index contributed by atoms with van der Waals surface area (Å²) >= 11 is 0. The molecule has 0 aliphatic carbocycles. The van der Waals surface area contributed by atoms with Crippen molar-refractivity contribution >= 4 is 14.3 Å². The van der Waals surface area contributed by atoms with Gasteiger partial charge in [-0.2, -0.15) is 0 Å². The topological polar surface area (TPSA) is 74.2 Å². The van der Waals surface area contributed by atoms with Gasteiger partial charge in [-0.3, -0.25) is 4.79 Å². The molecule has 0 heterocycles. The fraction of sp³-hybridized carbons (Fsp3) is 0.958. The molecule has 0 aromatic carbocycles. The molecule has 1 N–H and O–H groups in total. The van der Waals surface area contributed by atoms with E-state index in [1.165, 1.54) is 0 Å². The van der Waals surface area contributed by atoms with Crippen molar-refractivity contribution in [1.29, 1.82) is 0 Å². The molecule has 0 rings (SSSR count). The molecule has 0 fully saturated rings. The highest BCUT2D eigenvalue weighted by molar-refractivity contribution is 6.74. The van der Waals surface area contributed by atoms with Crippen LogP contribution in [0.3, 0.4) is 0 Å². The van der Waals surface area contributed by atoms with Crippen LogP contribution in [0.4, 0.5) is 0 Å². The predicted molar refractivity (Wildman–Crippen MR) is 129 cm³/mol. The van der Waals surface area contributed by atoms with Gasteiger partial charge in [-0.1, -0.05) is 34.6 Å². The summed E-state index contributed by atoms with van der Waals surface area (Å²) in [5.74, 6) is 0.00148.